The minimum Gasteiger partial charge on any atom is -0.326 e. The molecular formula is C28H29N5O3. The summed E-state index contributed by atoms with van der Waals surface area (Å²) in [4.78, 5) is 41.8. The molecule has 4 aromatic rings. The van der Waals surface area contributed by atoms with Gasteiger partial charge in [0.15, 0.2) is 5.65 Å². The molecule has 2 aromatic carbocycles. The molecule has 1 aliphatic rings. The lowest BCUT2D eigenvalue weighted by molar-refractivity contribution is -0.138. The van der Waals surface area contributed by atoms with Gasteiger partial charge < -0.3 is 5.32 Å². The summed E-state index contributed by atoms with van der Waals surface area (Å²) >= 11 is 0. The fraction of sp³-hybridized carbons (Fsp3) is 0.321. The molecule has 1 unspecified atom stereocenters. The van der Waals surface area contributed by atoms with Gasteiger partial charge in [-0.25, -0.2) is 9.50 Å². The minimum absolute atomic E-state index is 0.0986. The Morgan fingerprint density at radius 2 is 1.86 bits per heavy atom. The second kappa shape index (κ2) is 9.18. The number of carbonyl (C=O) groups is 3. The van der Waals surface area contributed by atoms with Crippen molar-refractivity contribution in [3.05, 3.63) is 71.0 Å². The molecule has 5 rings (SSSR count). The number of piperidine rings is 1. The summed E-state index contributed by atoms with van der Waals surface area (Å²) in [5.74, 6) is -0.577. The van der Waals surface area contributed by atoms with E-state index in [4.69, 9.17) is 4.98 Å². The Labute approximate surface area is 209 Å². The van der Waals surface area contributed by atoms with E-state index in [0.29, 0.717) is 37.8 Å². The van der Waals surface area contributed by atoms with Crippen LogP contribution in [-0.2, 0) is 26.2 Å². The lowest BCUT2D eigenvalue weighted by Crippen LogP contribution is -2.51. The first-order valence-corrected chi connectivity index (χ1v) is 12.3. The number of imide groups is 1. The van der Waals surface area contributed by atoms with Crippen molar-refractivity contribution in [3.8, 4) is 0 Å². The maximum Gasteiger partial charge on any atom is 0.237 e. The van der Waals surface area contributed by atoms with Crippen LogP contribution in [0.1, 0.15) is 55.1 Å². The van der Waals surface area contributed by atoms with E-state index < -0.39 is 5.41 Å². The van der Waals surface area contributed by atoms with Gasteiger partial charge in [-0.2, -0.15) is 5.10 Å². The van der Waals surface area contributed by atoms with Crippen LogP contribution in [0.15, 0.2) is 48.5 Å². The lowest BCUT2D eigenvalue weighted by atomic mass is 9.72. The first-order valence-electron chi connectivity index (χ1n) is 12.3. The van der Waals surface area contributed by atoms with Gasteiger partial charge in [0.25, 0.3) is 0 Å². The Morgan fingerprint density at radius 3 is 2.58 bits per heavy atom. The van der Waals surface area contributed by atoms with E-state index in [0.717, 1.165) is 39.1 Å². The van der Waals surface area contributed by atoms with Crippen molar-refractivity contribution >= 4 is 40.0 Å². The molecule has 1 saturated heterocycles. The van der Waals surface area contributed by atoms with Crippen molar-refractivity contribution in [2.45, 2.75) is 58.3 Å². The van der Waals surface area contributed by atoms with E-state index in [9.17, 15) is 14.4 Å². The summed E-state index contributed by atoms with van der Waals surface area (Å²) < 4.78 is 1.86. The number of hydrogen-bond donors (Lipinski definition) is 2. The van der Waals surface area contributed by atoms with Gasteiger partial charge in [-0.3, -0.25) is 19.7 Å². The van der Waals surface area contributed by atoms with E-state index in [1.807, 2.05) is 73.8 Å². The first kappa shape index (κ1) is 23.7. The molecule has 8 nitrogen and oxygen atoms in total. The van der Waals surface area contributed by atoms with Crippen molar-refractivity contribution in [2.24, 2.45) is 0 Å². The summed E-state index contributed by atoms with van der Waals surface area (Å²) in [6.45, 7) is 5.93. The van der Waals surface area contributed by atoms with Gasteiger partial charge in [0.2, 0.25) is 17.7 Å². The molecular weight excluding hydrogens is 454 g/mol. The Kier molecular flexibility index (Phi) is 6.04. The van der Waals surface area contributed by atoms with Crippen LogP contribution in [0, 0.1) is 13.8 Å². The number of nitrogens with one attached hydrogen (secondary N) is 2. The average Bonchev–Trinajstić information content (AvgIpc) is 3.24. The number of anilines is 1. The zero-order valence-electron chi connectivity index (χ0n) is 20.7. The van der Waals surface area contributed by atoms with Gasteiger partial charge >= 0.3 is 0 Å². The molecule has 1 fully saturated rings. The Morgan fingerprint density at radius 1 is 1.11 bits per heavy atom. The smallest absolute Gasteiger partial charge is 0.237 e. The molecule has 2 aromatic heterocycles. The molecule has 2 N–H and O–H groups in total. The Bertz CT molecular complexity index is 1510. The maximum absolute atomic E-state index is 12.8. The van der Waals surface area contributed by atoms with Crippen LogP contribution in [0.2, 0.25) is 0 Å². The number of benzene rings is 2. The van der Waals surface area contributed by atoms with Crippen LogP contribution < -0.4 is 10.6 Å². The number of nitrogens with zero attached hydrogens (tertiary/aromatic N) is 3. The largest absolute Gasteiger partial charge is 0.326 e. The van der Waals surface area contributed by atoms with E-state index >= 15 is 0 Å². The number of aromatic nitrogens is 3. The highest BCUT2D eigenvalue weighted by Gasteiger charge is 2.42. The molecule has 8 heteroatoms. The highest BCUT2D eigenvalue weighted by atomic mass is 16.2. The SMILES string of the molecule is CCC1(c2ccc(NC(=O)CCc3c(C)nc4c5ccccc5nn4c3C)cc2)CCC(=O)NC1=O. The highest BCUT2D eigenvalue weighted by Crippen LogP contribution is 2.36. The average molecular weight is 484 g/mol. The van der Waals surface area contributed by atoms with Crippen molar-refractivity contribution in [1.82, 2.24) is 19.9 Å². The third kappa shape index (κ3) is 4.02. The van der Waals surface area contributed by atoms with E-state index in [1.165, 1.54) is 0 Å². The molecule has 3 heterocycles. The van der Waals surface area contributed by atoms with Gasteiger partial charge in [0.1, 0.15) is 0 Å². The van der Waals surface area contributed by atoms with E-state index in [1.54, 1.807) is 0 Å². The molecule has 0 aliphatic carbocycles. The Hall–Kier alpha value is -4.07. The summed E-state index contributed by atoms with van der Waals surface area (Å²) in [5.41, 5.74) is 5.44. The van der Waals surface area contributed by atoms with E-state index in [2.05, 4.69) is 15.7 Å². The van der Waals surface area contributed by atoms with Gasteiger partial charge in [-0.05, 0) is 68.5 Å². The standard InChI is InChI=1S/C28H29N5O3/c1-4-28(16-15-25(35)31-27(28)36)19-9-11-20(12-10-19)30-24(34)14-13-21-17(2)29-26-22-7-5-6-8-23(22)32-33(26)18(21)3/h5-12H,4,13-16H2,1-3H3,(H,30,34)(H,31,35,36). The number of carbonyl (C=O) groups excluding carboxylic acids is 3. The monoisotopic (exact) mass is 483 g/mol. The van der Waals surface area contributed by atoms with Crippen LogP contribution >= 0.6 is 0 Å². The number of hydrogen-bond acceptors (Lipinski definition) is 5. The Balaban J connectivity index is 1.28. The molecule has 0 radical (unpaired) electrons. The second-order valence-corrected chi connectivity index (χ2v) is 9.45. The molecule has 36 heavy (non-hydrogen) atoms. The van der Waals surface area contributed by atoms with Crippen LogP contribution in [0.25, 0.3) is 16.6 Å². The van der Waals surface area contributed by atoms with Gasteiger partial charge in [0.05, 0.1) is 10.9 Å². The molecule has 0 bridgehead atoms. The fourth-order valence-electron chi connectivity index (χ4n) is 5.24. The summed E-state index contributed by atoms with van der Waals surface area (Å²) in [5, 5.41) is 11.1. The number of aryl methyl sites for hydroxylation is 2. The quantitative estimate of drug-likeness (QED) is 0.401. The molecule has 0 spiro atoms. The maximum atomic E-state index is 12.8. The summed E-state index contributed by atoms with van der Waals surface area (Å²) in [6, 6.07) is 15.3. The van der Waals surface area contributed by atoms with Gasteiger partial charge in [-0.15, -0.1) is 0 Å². The molecule has 0 saturated carbocycles. The molecule has 3 amide bonds. The highest BCUT2D eigenvalue weighted by molar-refractivity contribution is 6.03. The zero-order chi connectivity index (χ0) is 25.4. The topological polar surface area (TPSA) is 105 Å². The van der Waals surface area contributed by atoms with Crippen molar-refractivity contribution < 1.29 is 14.4 Å². The normalized spacial score (nSPS) is 18.0. The first-order chi connectivity index (χ1) is 17.3. The second-order valence-electron chi connectivity index (χ2n) is 9.45. The van der Waals surface area contributed by atoms with Crippen LogP contribution in [-0.4, -0.2) is 32.3 Å². The predicted molar refractivity (Wildman–Crippen MR) is 138 cm³/mol. The van der Waals surface area contributed by atoms with Crippen LogP contribution in [0.5, 0.6) is 0 Å². The number of fused-ring (bicyclic) bond motifs is 3. The van der Waals surface area contributed by atoms with Crippen LogP contribution in [0.3, 0.4) is 0 Å². The van der Waals surface area contributed by atoms with Crippen molar-refractivity contribution in [1.29, 1.82) is 0 Å². The number of amides is 3. The lowest BCUT2D eigenvalue weighted by Gasteiger charge is -2.35. The zero-order valence-corrected chi connectivity index (χ0v) is 20.7. The summed E-state index contributed by atoms with van der Waals surface area (Å²) in [6.07, 6.45) is 2.27. The van der Waals surface area contributed by atoms with Gasteiger partial charge in [-0.1, -0.05) is 31.2 Å². The third-order valence-corrected chi connectivity index (χ3v) is 7.41. The minimum atomic E-state index is -0.714. The fourth-order valence-corrected chi connectivity index (χ4v) is 5.24. The number of rotatable bonds is 6. The van der Waals surface area contributed by atoms with Crippen molar-refractivity contribution in [3.63, 3.8) is 0 Å². The molecule has 184 valence electrons. The third-order valence-electron chi connectivity index (χ3n) is 7.41. The summed E-state index contributed by atoms with van der Waals surface area (Å²) in [7, 11) is 0. The molecule has 1 atom stereocenters. The van der Waals surface area contributed by atoms with E-state index in [-0.39, 0.29) is 17.7 Å². The van der Waals surface area contributed by atoms with Crippen molar-refractivity contribution in [2.75, 3.05) is 5.32 Å². The van der Waals surface area contributed by atoms with Gasteiger partial charge in [0, 0.05) is 35.3 Å². The van der Waals surface area contributed by atoms with Crippen LogP contribution in [0.4, 0.5) is 5.69 Å². The molecule has 1 aliphatic heterocycles. The predicted octanol–water partition coefficient (Wildman–Crippen LogP) is 4.16.